The quantitative estimate of drug-likeness (QED) is 0.806. The Morgan fingerprint density at radius 1 is 1.12 bits per heavy atom. The number of carbonyl (C=O) groups is 1. The predicted molar refractivity (Wildman–Crippen MR) is 98.6 cm³/mol. The van der Waals surface area contributed by atoms with Crippen molar-refractivity contribution in [3.8, 4) is 0 Å². The number of halogens is 1. The number of aryl methyl sites for hydroxylation is 1. The molecule has 0 aliphatic rings. The topological polar surface area (TPSA) is 66.5 Å². The molecule has 0 aromatic heterocycles. The zero-order valence-corrected chi connectivity index (χ0v) is 15.9. The van der Waals surface area contributed by atoms with Crippen molar-refractivity contribution in [3.05, 3.63) is 65.5 Å². The van der Waals surface area contributed by atoms with Crippen LogP contribution in [0.4, 0.5) is 4.39 Å². The maximum atomic E-state index is 13.6. The average Bonchev–Trinajstić information content (AvgIpc) is 2.61. The Bertz CT molecular complexity index is 865. The van der Waals surface area contributed by atoms with Crippen LogP contribution in [0, 0.1) is 5.82 Å². The van der Waals surface area contributed by atoms with Gasteiger partial charge in [0.1, 0.15) is 5.82 Å². The van der Waals surface area contributed by atoms with E-state index in [1.165, 1.54) is 32.3 Å². The summed E-state index contributed by atoms with van der Waals surface area (Å²) in [5, 5.41) is 2.85. The number of sulfonamides is 1. The Labute approximate surface area is 153 Å². The van der Waals surface area contributed by atoms with Gasteiger partial charge in [0.05, 0.1) is 10.9 Å². The Morgan fingerprint density at radius 3 is 2.31 bits per heavy atom. The molecule has 0 saturated heterocycles. The molecule has 1 atom stereocenters. The van der Waals surface area contributed by atoms with Gasteiger partial charge >= 0.3 is 0 Å². The summed E-state index contributed by atoms with van der Waals surface area (Å²) in [5.41, 5.74) is 1.30. The van der Waals surface area contributed by atoms with Crippen LogP contribution in [0.2, 0.25) is 0 Å². The van der Waals surface area contributed by atoms with Crippen LogP contribution in [0.15, 0.2) is 53.4 Å². The second-order valence-corrected chi connectivity index (χ2v) is 8.39. The first-order valence-corrected chi connectivity index (χ1v) is 9.71. The molecule has 5 nitrogen and oxygen atoms in total. The molecule has 2 rings (SSSR count). The number of nitrogens with zero attached hydrogens (tertiary/aromatic N) is 1. The third kappa shape index (κ3) is 4.89. The van der Waals surface area contributed by atoms with Crippen LogP contribution in [-0.2, 0) is 21.2 Å². The molecular weight excluding hydrogens is 355 g/mol. The zero-order chi connectivity index (χ0) is 19.3. The van der Waals surface area contributed by atoms with Crippen LogP contribution in [0.3, 0.4) is 0 Å². The molecule has 0 heterocycles. The molecule has 0 aliphatic carbocycles. The molecule has 7 heteroatoms. The van der Waals surface area contributed by atoms with Crippen molar-refractivity contribution >= 4 is 15.9 Å². The summed E-state index contributed by atoms with van der Waals surface area (Å²) in [6, 6.07) is 12.5. The summed E-state index contributed by atoms with van der Waals surface area (Å²) in [5.74, 6) is -0.503. The normalized spacial score (nSPS) is 12.8. The van der Waals surface area contributed by atoms with E-state index < -0.39 is 10.0 Å². The SMILES string of the molecule is CC(NC(=O)CCc1ccccc1F)c1ccc(S(=O)(=O)N(C)C)cc1. The molecule has 0 spiro atoms. The third-order valence-corrected chi connectivity index (χ3v) is 5.94. The lowest BCUT2D eigenvalue weighted by molar-refractivity contribution is -0.121. The van der Waals surface area contributed by atoms with Crippen LogP contribution in [0.5, 0.6) is 0 Å². The first-order chi connectivity index (χ1) is 12.2. The Kier molecular flexibility index (Phi) is 6.50. The van der Waals surface area contributed by atoms with E-state index in [1.807, 2.05) is 6.92 Å². The summed E-state index contributed by atoms with van der Waals surface area (Å²) in [7, 11) is -0.528. The molecule has 1 amide bonds. The number of amides is 1. The summed E-state index contributed by atoms with van der Waals surface area (Å²) in [6.07, 6.45) is 0.504. The van der Waals surface area contributed by atoms with Crippen LogP contribution < -0.4 is 5.32 Å². The minimum Gasteiger partial charge on any atom is -0.350 e. The van der Waals surface area contributed by atoms with E-state index in [-0.39, 0.29) is 29.1 Å². The lowest BCUT2D eigenvalue weighted by Gasteiger charge is -2.16. The predicted octanol–water partition coefficient (Wildman–Crippen LogP) is 2.89. The molecule has 1 unspecified atom stereocenters. The molecule has 2 aromatic rings. The fraction of sp³-hybridized carbons (Fsp3) is 0.316. The van der Waals surface area contributed by atoms with E-state index in [4.69, 9.17) is 0 Å². The van der Waals surface area contributed by atoms with Gasteiger partial charge in [-0.3, -0.25) is 4.79 Å². The number of nitrogens with one attached hydrogen (secondary N) is 1. The van der Waals surface area contributed by atoms with Gasteiger partial charge < -0.3 is 5.32 Å². The van der Waals surface area contributed by atoms with Crippen LogP contribution in [0.25, 0.3) is 0 Å². The highest BCUT2D eigenvalue weighted by Crippen LogP contribution is 2.18. The van der Waals surface area contributed by atoms with Gasteiger partial charge in [0.15, 0.2) is 0 Å². The van der Waals surface area contributed by atoms with Crippen LogP contribution in [-0.4, -0.2) is 32.7 Å². The van der Waals surface area contributed by atoms with Gasteiger partial charge in [-0.2, -0.15) is 0 Å². The molecule has 0 radical (unpaired) electrons. The fourth-order valence-corrected chi connectivity index (χ4v) is 3.39. The van der Waals surface area contributed by atoms with Crippen molar-refractivity contribution in [1.82, 2.24) is 9.62 Å². The maximum absolute atomic E-state index is 13.6. The van der Waals surface area contributed by atoms with Gasteiger partial charge in [-0.25, -0.2) is 17.1 Å². The monoisotopic (exact) mass is 378 g/mol. The molecule has 0 aliphatic heterocycles. The van der Waals surface area contributed by atoms with Gasteiger partial charge in [0, 0.05) is 20.5 Å². The van der Waals surface area contributed by atoms with Crippen molar-refractivity contribution in [3.63, 3.8) is 0 Å². The standard InChI is InChI=1S/C19H23FN2O3S/c1-14(15-8-11-17(12-9-15)26(24,25)22(2)3)21-19(23)13-10-16-6-4-5-7-18(16)20/h4-9,11-12,14H,10,13H2,1-3H3,(H,21,23). The summed E-state index contributed by atoms with van der Waals surface area (Å²) in [4.78, 5) is 12.3. The number of benzene rings is 2. The third-order valence-electron chi connectivity index (χ3n) is 4.12. The fourth-order valence-electron chi connectivity index (χ4n) is 2.49. The van der Waals surface area contributed by atoms with E-state index in [2.05, 4.69) is 5.32 Å². The maximum Gasteiger partial charge on any atom is 0.242 e. The molecule has 1 N–H and O–H groups in total. The Hall–Kier alpha value is -2.25. The average molecular weight is 378 g/mol. The van der Waals surface area contributed by atoms with Gasteiger partial charge in [-0.15, -0.1) is 0 Å². The van der Waals surface area contributed by atoms with Crippen LogP contribution >= 0.6 is 0 Å². The van der Waals surface area contributed by atoms with E-state index in [0.717, 1.165) is 9.87 Å². The number of carbonyl (C=O) groups excluding carboxylic acids is 1. The van der Waals surface area contributed by atoms with E-state index in [1.54, 1.807) is 30.3 Å². The largest absolute Gasteiger partial charge is 0.350 e. The Morgan fingerprint density at radius 2 is 1.73 bits per heavy atom. The van der Waals surface area contributed by atoms with Crippen LogP contribution in [0.1, 0.15) is 30.5 Å². The molecular formula is C19H23FN2O3S. The Balaban J connectivity index is 1.96. The minimum atomic E-state index is -3.48. The number of hydrogen-bond donors (Lipinski definition) is 1. The minimum absolute atomic E-state index is 0.179. The molecule has 0 saturated carbocycles. The number of rotatable bonds is 7. The zero-order valence-electron chi connectivity index (χ0n) is 15.1. The highest BCUT2D eigenvalue weighted by atomic mass is 32.2. The van der Waals surface area contributed by atoms with Crippen molar-refractivity contribution < 1.29 is 17.6 Å². The second-order valence-electron chi connectivity index (χ2n) is 6.24. The summed E-state index contributed by atoms with van der Waals surface area (Å²) >= 11 is 0. The van der Waals surface area contributed by atoms with Crippen molar-refractivity contribution in [1.29, 1.82) is 0 Å². The smallest absolute Gasteiger partial charge is 0.242 e. The van der Waals surface area contributed by atoms with Gasteiger partial charge in [0.2, 0.25) is 15.9 Å². The van der Waals surface area contributed by atoms with E-state index in [9.17, 15) is 17.6 Å². The van der Waals surface area contributed by atoms with Crippen molar-refractivity contribution in [2.45, 2.75) is 30.7 Å². The van der Waals surface area contributed by atoms with Crippen molar-refractivity contribution in [2.24, 2.45) is 0 Å². The first-order valence-electron chi connectivity index (χ1n) is 8.27. The molecule has 26 heavy (non-hydrogen) atoms. The van der Waals surface area contributed by atoms with E-state index >= 15 is 0 Å². The molecule has 0 fully saturated rings. The van der Waals surface area contributed by atoms with Gasteiger partial charge in [0.25, 0.3) is 0 Å². The molecule has 140 valence electrons. The van der Waals surface area contributed by atoms with E-state index in [0.29, 0.717) is 12.0 Å². The lowest BCUT2D eigenvalue weighted by atomic mass is 10.1. The lowest BCUT2D eigenvalue weighted by Crippen LogP contribution is -2.27. The first kappa shape index (κ1) is 20.1. The van der Waals surface area contributed by atoms with Gasteiger partial charge in [-0.1, -0.05) is 30.3 Å². The number of hydrogen-bond acceptors (Lipinski definition) is 3. The second kappa shape index (κ2) is 8.42. The molecule has 2 aromatic carbocycles. The van der Waals surface area contributed by atoms with Gasteiger partial charge in [-0.05, 0) is 42.7 Å². The summed E-state index contributed by atoms with van der Waals surface area (Å²) < 4.78 is 38.9. The highest BCUT2D eigenvalue weighted by molar-refractivity contribution is 7.89. The summed E-state index contributed by atoms with van der Waals surface area (Å²) in [6.45, 7) is 1.82. The highest BCUT2D eigenvalue weighted by Gasteiger charge is 2.17. The van der Waals surface area contributed by atoms with Crippen molar-refractivity contribution in [2.75, 3.05) is 14.1 Å². The molecule has 0 bridgehead atoms.